The van der Waals surface area contributed by atoms with Crippen molar-refractivity contribution in [3.05, 3.63) is 54.0 Å². The molecule has 11 heteroatoms. The van der Waals surface area contributed by atoms with Crippen LogP contribution in [0, 0.1) is 11.3 Å². The average molecular weight is 415 g/mol. The third-order valence-electron chi connectivity index (χ3n) is 4.77. The predicted octanol–water partition coefficient (Wildman–Crippen LogP) is 2.81. The second-order valence-electron chi connectivity index (χ2n) is 6.75. The largest absolute Gasteiger partial charge is 0.497 e. The molecular formula is C20H13B2F2N5O2. The van der Waals surface area contributed by atoms with Gasteiger partial charge in [-0.1, -0.05) is 0 Å². The number of hydrogen-bond donors (Lipinski definition) is 2. The van der Waals surface area contributed by atoms with Gasteiger partial charge < -0.3 is 14.8 Å². The normalized spacial score (nSPS) is 11.7. The van der Waals surface area contributed by atoms with E-state index >= 15 is 0 Å². The van der Waals surface area contributed by atoms with Crippen LogP contribution in [0.25, 0.3) is 33.4 Å². The Bertz CT molecular complexity index is 1320. The number of hydrogen-bond acceptors (Lipinski definition) is 5. The van der Waals surface area contributed by atoms with Crippen LogP contribution in [0.4, 0.5) is 8.78 Å². The molecule has 0 atom stereocenters. The van der Waals surface area contributed by atoms with E-state index in [0.29, 0.717) is 38.2 Å². The van der Waals surface area contributed by atoms with Crippen LogP contribution < -0.4 is 4.74 Å². The molecule has 3 heterocycles. The number of rotatable bonds is 5. The molecule has 4 radical (unpaired) electrons. The molecule has 3 aromatic heterocycles. The number of methoxy groups -OCH3 is 1. The number of aromatic nitrogens is 4. The van der Waals surface area contributed by atoms with Crippen molar-refractivity contribution in [1.29, 1.82) is 5.26 Å². The van der Waals surface area contributed by atoms with E-state index in [4.69, 9.17) is 20.4 Å². The molecule has 4 aromatic rings. The molecule has 0 fully saturated rings. The Morgan fingerprint density at radius 2 is 2.06 bits per heavy atom. The summed E-state index contributed by atoms with van der Waals surface area (Å²) < 4.78 is 33.6. The number of nitriles is 1. The van der Waals surface area contributed by atoms with Crippen molar-refractivity contribution in [1.82, 2.24) is 19.7 Å². The Morgan fingerprint density at radius 3 is 2.71 bits per heavy atom. The summed E-state index contributed by atoms with van der Waals surface area (Å²) in [5, 5.41) is 23.8. The Hall–Kier alpha value is -3.64. The highest BCUT2D eigenvalue weighted by Gasteiger charge is 2.28. The van der Waals surface area contributed by atoms with Gasteiger partial charge in [-0.2, -0.15) is 10.4 Å². The predicted molar refractivity (Wildman–Crippen MR) is 111 cm³/mol. The van der Waals surface area contributed by atoms with Crippen molar-refractivity contribution in [3.8, 4) is 34.2 Å². The van der Waals surface area contributed by atoms with Gasteiger partial charge in [-0.15, -0.1) is 0 Å². The molecule has 2 N–H and O–H groups in total. The summed E-state index contributed by atoms with van der Waals surface area (Å²) in [4.78, 5) is 7.28. The van der Waals surface area contributed by atoms with Gasteiger partial charge in [-0.3, -0.25) is 4.68 Å². The molecule has 0 saturated heterocycles. The lowest BCUT2D eigenvalue weighted by Crippen LogP contribution is -2.34. The van der Waals surface area contributed by atoms with Gasteiger partial charge in [0.1, 0.15) is 32.8 Å². The maximum absolute atomic E-state index is 13.8. The number of H-pyrrole nitrogens is 1. The molecule has 1 aromatic carbocycles. The molecule has 0 aliphatic rings. The maximum Gasteiger partial charge on any atom is 0.282 e. The summed E-state index contributed by atoms with van der Waals surface area (Å²) in [5.41, 5.74) is -1.38. The van der Waals surface area contributed by atoms with Crippen LogP contribution in [0.1, 0.15) is 17.7 Å². The minimum atomic E-state index is -2.99. The second kappa shape index (κ2) is 7.56. The molecule has 150 valence electrons. The highest BCUT2D eigenvalue weighted by atomic mass is 19.3. The number of aromatic amines is 1. The number of aliphatic hydroxyl groups is 1. The molecule has 0 bridgehead atoms. The fraction of sp³-hybridized carbons (Fsp3) is 0.150. The quantitative estimate of drug-likeness (QED) is 0.489. The fourth-order valence-corrected chi connectivity index (χ4v) is 3.38. The number of benzene rings is 1. The number of nitrogens with one attached hydrogen (secondary N) is 1. The number of fused-ring (bicyclic) bond motifs is 1. The van der Waals surface area contributed by atoms with E-state index in [0.717, 1.165) is 6.20 Å². The van der Waals surface area contributed by atoms with Gasteiger partial charge in [-0.05, 0) is 30.3 Å². The van der Waals surface area contributed by atoms with Gasteiger partial charge in [0.15, 0.2) is 0 Å². The summed E-state index contributed by atoms with van der Waals surface area (Å²) in [7, 11) is 12.3. The molecule has 0 saturated carbocycles. The van der Waals surface area contributed by atoms with Crippen molar-refractivity contribution < 1.29 is 18.6 Å². The lowest BCUT2D eigenvalue weighted by atomic mass is 9.73. The highest BCUT2D eigenvalue weighted by Crippen LogP contribution is 2.42. The minimum absolute atomic E-state index is 0.0518. The lowest BCUT2D eigenvalue weighted by Gasteiger charge is -2.18. The van der Waals surface area contributed by atoms with E-state index in [9.17, 15) is 19.1 Å². The van der Waals surface area contributed by atoms with E-state index in [1.54, 1.807) is 36.5 Å². The van der Waals surface area contributed by atoms with Crippen LogP contribution >= 0.6 is 0 Å². The van der Waals surface area contributed by atoms with Crippen LogP contribution in [-0.2, 0) is 5.52 Å². The van der Waals surface area contributed by atoms with E-state index < -0.39 is 17.6 Å². The Morgan fingerprint density at radius 1 is 1.29 bits per heavy atom. The van der Waals surface area contributed by atoms with Crippen molar-refractivity contribution in [3.63, 3.8) is 0 Å². The molecule has 0 unspecified atom stereocenters. The Labute approximate surface area is 178 Å². The Kier molecular flexibility index (Phi) is 5.03. The zero-order chi connectivity index (χ0) is 22.3. The summed E-state index contributed by atoms with van der Waals surface area (Å²) in [6.45, 7) is 0. The van der Waals surface area contributed by atoms with Crippen LogP contribution in [0.3, 0.4) is 0 Å². The number of pyridine rings is 1. The van der Waals surface area contributed by atoms with Crippen molar-refractivity contribution in [2.24, 2.45) is 0 Å². The molecule has 0 aliphatic carbocycles. The molecule has 4 rings (SSSR count). The van der Waals surface area contributed by atoms with Gasteiger partial charge >= 0.3 is 0 Å². The third-order valence-corrected chi connectivity index (χ3v) is 4.77. The summed E-state index contributed by atoms with van der Waals surface area (Å²) in [6.07, 6.45) is -0.340. The van der Waals surface area contributed by atoms with Crippen LogP contribution in [0.2, 0.25) is 0 Å². The second-order valence-corrected chi connectivity index (χ2v) is 6.75. The van der Waals surface area contributed by atoms with Gasteiger partial charge in [0.05, 0.1) is 30.0 Å². The van der Waals surface area contributed by atoms with E-state index in [1.165, 1.54) is 7.11 Å². The first kappa shape index (κ1) is 20.6. The third kappa shape index (κ3) is 3.55. The summed E-state index contributed by atoms with van der Waals surface area (Å²) in [6, 6.07) is 10.4. The maximum atomic E-state index is 13.8. The van der Waals surface area contributed by atoms with Gasteiger partial charge in [0.25, 0.3) is 6.43 Å². The van der Waals surface area contributed by atoms with Crippen LogP contribution in [0.15, 0.2) is 42.7 Å². The van der Waals surface area contributed by atoms with Crippen LogP contribution in [0.5, 0.6) is 5.75 Å². The van der Waals surface area contributed by atoms with Crippen molar-refractivity contribution in [2.75, 3.05) is 7.11 Å². The first-order valence-corrected chi connectivity index (χ1v) is 8.98. The smallest absolute Gasteiger partial charge is 0.282 e. The molecule has 31 heavy (non-hydrogen) atoms. The SMILES string of the molecule is [B]C([B])(O)n1cc(-c2[nH]c3ncccc3c2-c2cc(OC)ccc2C#N)c(C(F)F)n1. The minimum Gasteiger partial charge on any atom is -0.497 e. The Balaban J connectivity index is 2.10. The van der Waals surface area contributed by atoms with E-state index in [-0.39, 0.29) is 11.3 Å². The number of ether oxygens (including phenoxy) is 1. The first-order valence-electron chi connectivity index (χ1n) is 8.98. The van der Waals surface area contributed by atoms with Gasteiger partial charge in [-0.25, -0.2) is 13.8 Å². The highest BCUT2D eigenvalue weighted by molar-refractivity contribution is 6.36. The fourth-order valence-electron chi connectivity index (χ4n) is 3.38. The molecule has 7 nitrogen and oxygen atoms in total. The zero-order valence-corrected chi connectivity index (χ0v) is 16.2. The van der Waals surface area contributed by atoms with Crippen molar-refractivity contribution >= 4 is 26.7 Å². The number of alkyl halides is 2. The zero-order valence-electron chi connectivity index (χ0n) is 16.2. The number of halogens is 2. The summed E-state index contributed by atoms with van der Waals surface area (Å²) >= 11 is 0. The monoisotopic (exact) mass is 415 g/mol. The van der Waals surface area contributed by atoms with Gasteiger partial charge in [0, 0.05) is 34.5 Å². The molecular weight excluding hydrogens is 402 g/mol. The molecule has 0 spiro atoms. The van der Waals surface area contributed by atoms with Crippen molar-refractivity contribution in [2.45, 2.75) is 11.9 Å². The van der Waals surface area contributed by atoms with Crippen LogP contribution in [-0.4, -0.2) is 47.7 Å². The summed E-state index contributed by atoms with van der Waals surface area (Å²) in [5.74, 6) is 0.473. The molecule has 0 amide bonds. The average Bonchev–Trinajstić information content (AvgIpc) is 3.35. The van der Waals surface area contributed by atoms with Gasteiger partial charge in [0.2, 0.25) is 0 Å². The first-order chi connectivity index (χ1) is 14.7. The standard InChI is InChI=1S/C20H13B2F2N5O2/c1-31-11-5-4-10(8-25)13(7-11)15-12-3-2-6-26-19(12)27-16(15)14-9-29(20(21,22)30)28-17(14)18(23)24/h2-7,9,18,30H,1H3,(H,26,27). The van der Waals surface area contributed by atoms with E-state index in [1.807, 2.05) is 0 Å². The van der Waals surface area contributed by atoms with E-state index in [2.05, 4.69) is 21.1 Å². The number of nitrogens with zero attached hydrogens (tertiary/aromatic N) is 4. The topological polar surface area (TPSA) is 99.8 Å². The molecule has 0 aliphatic heterocycles. The lowest BCUT2D eigenvalue weighted by molar-refractivity contribution is 0.116.